The van der Waals surface area contributed by atoms with Crippen LogP contribution in [0, 0.1) is 23.7 Å². The van der Waals surface area contributed by atoms with Crippen molar-refractivity contribution in [2.24, 2.45) is 23.7 Å². The molecule has 4 aliphatic rings. The number of ether oxygens (including phenoxy) is 1. The standard InChI is InChI=1S/C25H37N3O6S/c1-13(2)35-22-21(23(32)26-20-16-8-14-7-15(10-16)11-17(20)9-14)34-28-24(22)33-12-25(3,4)27-18(29)5-6-19(30)31/h13-17,20H,5-12H2,1-4H3,(H,26,32)(H,27,29)(H,30,31). The molecule has 194 valence electrons. The largest absolute Gasteiger partial charge is 0.481 e. The summed E-state index contributed by atoms with van der Waals surface area (Å²) < 4.78 is 11.4. The third-order valence-corrected chi connectivity index (χ3v) is 8.39. The fraction of sp³-hybridized carbons (Fsp3) is 0.760. The summed E-state index contributed by atoms with van der Waals surface area (Å²) in [5.41, 5.74) is -0.767. The number of carboxylic acids is 1. The number of thioether (sulfide) groups is 1. The van der Waals surface area contributed by atoms with Gasteiger partial charge in [-0.2, -0.15) is 0 Å². The van der Waals surface area contributed by atoms with E-state index in [4.69, 9.17) is 14.4 Å². The van der Waals surface area contributed by atoms with Gasteiger partial charge in [0.1, 0.15) is 11.5 Å². The molecule has 0 unspecified atom stereocenters. The van der Waals surface area contributed by atoms with E-state index in [1.165, 1.54) is 43.9 Å². The molecule has 0 atom stereocenters. The van der Waals surface area contributed by atoms with Crippen molar-refractivity contribution >= 4 is 29.5 Å². The van der Waals surface area contributed by atoms with Gasteiger partial charge in [-0.3, -0.25) is 14.4 Å². The van der Waals surface area contributed by atoms with Crippen molar-refractivity contribution < 1.29 is 28.8 Å². The molecule has 4 fully saturated rings. The van der Waals surface area contributed by atoms with E-state index in [9.17, 15) is 14.4 Å². The Balaban J connectivity index is 1.40. The molecule has 3 N–H and O–H groups in total. The first-order valence-corrected chi connectivity index (χ1v) is 13.5. The average molecular weight is 508 g/mol. The van der Waals surface area contributed by atoms with E-state index in [2.05, 4.69) is 15.8 Å². The Kier molecular flexibility index (Phi) is 7.68. The Bertz CT molecular complexity index is 931. The minimum absolute atomic E-state index is 0.0839. The number of hydrogen-bond donors (Lipinski definition) is 3. The lowest BCUT2D eigenvalue weighted by Gasteiger charge is -2.54. The number of carbonyl (C=O) groups excluding carboxylic acids is 2. The molecule has 1 aromatic rings. The minimum Gasteiger partial charge on any atom is -0.481 e. The Morgan fingerprint density at radius 1 is 1.11 bits per heavy atom. The van der Waals surface area contributed by atoms with Crippen LogP contribution in [0.3, 0.4) is 0 Å². The molecule has 0 radical (unpaired) electrons. The number of aliphatic carboxylic acids is 1. The zero-order chi connectivity index (χ0) is 25.3. The summed E-state index contributed by atoms with van der Waals surface area (Å²) in [4.78, 5) is 36.6. The van der Waals surface area contributed by atoms with Crippen molar-refractivity contribution in [3.05, 3.63) is 5.76 Å². The molecular formula is C25H37N3O6S. The number of carboxylic acid groups (broad SMARTS) is 1. The summed E-state index contributed by atoms with van der Waals surface area (Å²) in [7, 11) is 0. The van der Waals surface area contributed by atoms with Gasteiger partial charge >= 0.3 is 5.97 Å². The Morgan fingerprint density at radius 3 is 2.31 bits per heavy atom. The van der Waals surface area contributed by atoms with Crippen LogP contribution in [0.4, 0.5) is 0 Å². The van der Waals surface area contributed by atoms with Crippen LogP contribution in [-0.2, 0) is 9.59 Å². The van der Waals surface area contributed by atoms with Gasteiger partial charge in [-0.25, -0.2) is 0 Å². The van der Waals surface area contributed by atoms with Crippen LogP contribution in [0.2, 0.25) is 0 Å². The van der Waals surface area contributed by atoms with E-state index in [0.717, 1.165) is 11.8 Å². The molecule has 4 saturated carbocycles. The van der Waals surface area contributed by atoms with Gasteiger partial charge in [0, 0.05) is 17.7 Å². The third-order valence-electron chi connectivity index (χ3n) is 7.32. The molecule has 35 heavy (non-hydrogen) atoms. The highest BCUT2D eigenvalue weighted by molar-refractivity contribution is 8.00. The summed E-state index contributed by atoms with van der Waals surface area (Å²) >= 11 is 1.46. The summed E-state index contributed by atoms with van der Waals surface area (Å²) in [5, 5.41) is 19.1. The van der Waals surface area contributed by atoms with Crippen molar-refractivity contribution in [3.63, 3.8) is 0 Å². The van der Waals surface area contributed by atoms with Crippen LogP contribution in [0.1, 0.15) is 83.2 Å². The summed E-state index contributed by atoms with van der Waals surface area (Å²) in [6.07, 6.45) is 5.87. The zero-order valence-corrected chi connectivity index (χ0v) is 21.8. The quantitative estimate of drug-likeness (QED) is 0.385. The van der Waals surface area contributed by atoms with Gasteiger partial charge in [-0.05, 0) is 74.8 Å². The van der Waals surface area contributed by atoms with Gasteiger partial charge in [0.05, 0.1) is 12.0 Å². The van der Waals surface area contributed by atoms with E-state index in [1.807, 2.05) is 13.8 Å². The lowest BCUT2D eigenvalue weighted by molar-refractivity contribution is -0.139. The van der Waals surface area contributed by atoms with Crippen molar-refractivity contribution in [1.29, 1.82) is 0 Å². The number of rotatable bonds is 11. The highest BCUT2D eigenvalue weighted by Crippen LogP contribution is 2.53. The molecule has 0 aromatic carbocycles. The van der Waals surface area contributed by atoms with Gasteiger partial charge in [-0.1, -0.05) is 13.8 Å². The number of carbonyl (C=O) groups is 3. The van der Waals surface area contributed by atoms with Crippen molar-refractivity contribution in [3.8, 4) is 5.88 Å². The molecule has 10 heteroatoms. The molecule has 0 spiro atoms. The summed E-state index contributed by atoms with van der Waals surface area (Å²) in [5.74, 6) is 1.55. The van der Waals surface area contributed by atoms with Crippen molar-refractivity contribution in [2.75, 3.05) is 6.61 Å². The second-order valence-electron chi connectivity index (χ2n) is 11.4. The van der Waals surface area contributed by atoms with Crippen molar-refractivity contribution in [1.82, 2.24) is 15.8 Å². The molecule has 9 nitrogen and oxygen atoms in total. The smallest absolute Gasteiger partial charge is 0.303 e. The molecule has 2 amide bonds. The Labute approximate surface area is 210 Å². The van der Waals surface area contributed by atoms with Crippen LogP contribution < -0.4 is 15.4 Å². The van der Waals surface area contributed by atoms with Crippen LogP contribution >= 0.6 is 11.8 Å². The molecule has 1 aromatic heterocycles. The maximum Gasteiger partial charge on any atom is 0.303 e. The van der Waals surface area contributed by atoms with E-state index in [0.29, 0.717) is 16.7 Å². The lowest BCUT2D eigenvalue weighted by Crippen LogP contribution is -2.55. The zero-order valence-electron chi connectivity index (χ0n) is 21.0. The lowest BCUT2D eigenvalue weighted by atomic mass is 9.54. The third kappa shape index (κ3) is 6.32. The minimum atomic E-state index is -1.02. The Hall–Kier alpha value is -2.23. The van der Waals surface area contributed by atoms with E-state index in [1.54, 1.807) is 13.8 Å². The monoisotopic (exact) mass is 507 g/mol. The molecule has 0 aliphatic heterocycles. The maximum absolute atomic E-state index is 13.3. The number of hydrogen-bond acceptors (Lipinski definition) is 7. The van der Waals surface area contributed by atoms with E-state index < -0.39 is 11.5 Å². The number of amides is 2. The second kappa shape index (κ2) is 10.4. The van der Waals surface area contributed by atoms with Gasteiger partial charge in [0.2, 0.25) is 11.7 Å². The molecule has 4 bridgehead atoms. The number of aromatic nitrogens is 1. The highest BCUT2D eigenvalue weighted by Gasteiger charge is 2.49. The number of nitrogens with one attached hydrogen (secondary N) is 2. The van der Waals surface area contributed by atoms with Gasteiger partial charge < -0.3 is 25.0 Å². The van der Waals surface area contributed by atoms with Crippen LogP contribution in [0.15, 0.2) is 9.42 Å². The highest BCUT2D eigenvalue weighted by atomic mass is 32.2. The van der Waals surface area contributed by atoms with Gasteiger partial charge in [0.25, 0.3) is 11.8 Å². The van der Waals surface area contributed by atoms with Gasteiger partial charge in [-0.15, -0.1) is 11.8 Å². The SMILES string of the molecule is CC(C)Sc1c(OCC(C)(C)NC(=O)CCC(=O)O)noc1C(=O)NC1C2CC3CC(C2)CC1C3. The van der Waals surface area contributed by atoms with E-state index in [-0.39, 0.29) is 54.2 Å². The fourth-order valence-corrected chi connectivity index (χ4v) is 7.07. The molecular weight excluding hydrogens is 470 g/mol. The first kappa shape index (κ1) is 25.9. The predicted molar refractivity (Wildman–Crippen MR) is 130 cm³/mol. The maximum atomic E-state index is 13.3. The summed E-state index contributed by atoms with van der Waals surface area (Å²) in [6, 6.07) is 0.196. The molecule has 4 aliphatic carbocycles. The Morgan fingerprint density at radius 2 is 1.74 bits per heavy atom. The second-order valence-corrected chi connectivity index (χ2v) is 12.9. The number of nitrogens with zero attached hydrogens (tertiary/aromatic N) is 1. The fourth-order valence-electron chi connectivity index (χ4n) is 6.17. The van der Waals surface area contributed by atoms with Crippen LogP contribution in [-0.4, -0.2) is 51.5 Å². The molecule has 1 heterocycles. The van der Waals surface area contributed by atoms with Crippen LogP contribution in [0.25, 0.3) is 0 Å². The normalized spacial score (nSPS) is 27.2. The van der Waals surface area contributed by atoms with Crippen molar-refractivity contribution in [2.45, 2.75) is 94.4 Å². The summed E-state index contributed by atoms with van der Waals surface area (Å²) in [6.45, 7) is 7.68. The molecule has 0 saturated heterocycles. The van der Waals surface area contributed by atoms with Crippen LogP contribution in [0.5, 0.6) is 5.88 Å². The van der Waals surface area contributed by atoms with E-state index >= 15 is 0 Å². The first-order valence-electron chi connectivity index (χ1n) is 12.6. The van der Waals surface area contributed by atoms with Gasteiger partial charge in [0.15, 0.2) is 0 Å². The topological polar surface area (TPSA) is 131 Å². The first-order chi connectivity index (χ1) is 16.5. The average Bonchev–Trinajstić information content (AvgIpc) is 3.14. The molecule has 5 rings (SSSR count). The predicted octanol–water partition coefficient (Wildman–Crippen LogP) is 3.87.